The highest BCUT2D eigenvalue weighted by Gasteiger charge is 2.13. The second kappa shape index (κ2) is 5.81. The summed E-state index contributed by atoms with van der Waals surface area (Å²) < 4.78 is 27.6. The summed E-state index contributed by atoms with van der Waals surface area (Å²) in [5, 5.41) is 11.6. The van der Waals surface area contributed by atoms with Gasteiger partial charge in [0.2, 0.25) is 0 Å². The van der Waals surface area contributed by atoms with Crippen LogP contribution in [0.15, 0.2) is 28.7 Å². The van der Waals surface area contributed by atoms with E-state index in [0.29, 0.717) is 21.8 Å². The van der Waals surface area contributed by atoms with Crippen LogP contribution < -0.4 is 16.6 Å². The van der Waals surface area contributed by atoms with Crippen molar-refractivity contribution in [2.75, 3.05) is 10.7 Å². The summed E-state index contributed by atoms with van der Waals surface area (Å²) in [5.74, 6) is 2.73. The molecular formula is C12H8BrF2N5. The molecule has 0 unspecified atom stereocenters. The third-order valence-electron chi connectivity index (χ3n) is 2.42. The number of nitrogen functional groups attached to an aromatic ring is 1. The first-order chi connectivity index (χ1) is 9.55. The minimum atomic E-state index is -0.912. The van der Waals surface area contributed by atoms with E-state index >= 15 is 0 Å². The molecule has 0 radical (unpaired) electrons. The first kappa shape index (κ1) is 14.2. The molecule has 102 valence electrons. The van der Waals surface area contributed by atoms with E-state index in [1.54, 1.807) is 18.2 Å². The predicted molar refractivity (Wildman–Crippen MR) is 74.1 cm³/mol. The van der Waals surface area contributed by atoms with Crippen LogP contribution in [0.25, 0.3) is 0 Å². The summed E-state index contributed by atoms with van der Waals surface area (Å²) in [6.07, 6.45) is 0. The number of benzene rings is 1. The van der Waals surface area contributed by atoms with Crippen LogP contribution in [0.4, 0.5) is 26.1 Å². The molecule has 2 rings (SSSR count). The maximum atomic E-state index is 13.7. The van der Waals surface area contributed by atoms with Gasteiger partial charge in [-0.2, -0.15) is 5.26 Å². The van der Waals surface area contributed by atoms with E-state index in [1.165, 1.54) is 0 Å². The second-order valence-corrected chi connectivity index (χ2v) is 4.64. The number of halogens is 3. The van der Waals surface area contributed by atoms with E-state index in [4.69, 9.17) is 11.1 Å². The molecule has 20 heavy (non-hydrogen) atoms. The maximum absolute atomic E-state index is 13.7. The Kier molecular flexibility index (Phi) is 4.12. The molecule has 8 heteroatoms. The fourth-order valence-corrected chi connectivity index (χ4v) is 1.86. The molecule has 0 fully saturated rings. The second-order valence-electron chi connectivity index (χ2n) is 3.72. The summed E-state index contributed by atoms with van der Waals surface area (Å²) >= 11 is 3.24. The van der Waals surface area contributed by atoms with Crippen molar-refractivity contribution in [3.05, 3.63) is 45.9 Å². The van der Waals surface area contributed by atoms with Crippen molar-refractivity contribution in [1.82, 2.24) is 4.98 Å². The lowest BCUT2D eigenvalue weighted by atomic mass is 10.2. The maximum Gasteiger partial charge on any atom is 0.178 e. The first-order valence-corrected chi connectivity index (χ1v) is 6.13. The molecule has 2 aromatic rings. The number of hydrogen-bond donors (Lipinski definition) is 3. The number of nitrogens with two attached hydrogens (primary N) is 1. The standard InChI is InChI=1S/C12H8BrF2N5/c13-7-2-1-6(5-16)10(3-7)18-11-8(14)4-9(15)12(19-11)20-17/h1-4H,17H2,(H2,18,19,20). The van der Waals surface area contributed by atoms with Gasteiger partial charge in [0.15, 0.2) is 23.3 Å². The highest BCUT2D eigenvalue weighted by atomic mass is 79.9. The Hall–Kier alpha value is -2.24. The number of nitrogens with zero attached hydrogens (tertiary/aromatic N) is 2. The first-order valence-electron chi connectivity index (χ1n) is 5.34. The smallest absolute Gasteiger partial charge is 0.178 e. The average molecular weight is 340 g/mol. The van der Waals surface area contributed by atoms with Gasteiger partial charge in [0.05, 0.1) is 11.3 Å². The van der Waals surface area contributed by atoms with Crippen molar-refractivity contribution in [2.24, 2.45) is 5.84 Å². The topological polar surface area (TPSA) is 86.8 Å². The molecular weight excluding hydrogens is 332 g/mol. The van der Waals surface area contributed by atoms with Crippen LogP contribution in [-0.4, -0.2) is 4.98 Å². The quantitative estimate of drug-likeness (QED) is 0.591. The molecule has 1 aromatic heterocycles. The van der Waals surface area contributed by atoms with Gasteiger partial charge in [-0.25, -0.2) is 19.6 Å². The van der Waals surface area contributed by atoms with E-state index < -0.39 is 11.6 Å². The lowest BCUT2D eigenvalue weighted by molar-refractivity contribution is 0.579. The Labute approximate surface area is 121 Å². The van der Waals surface area contributed by atoms with Gasteiger partial charge in [-0.15, -0.1) is 0 Å². The summed E-state index contributed by atoms with van der Waals surface area (Å²) in [5.41, 5.74) is 2.65. The number of nitriles is 1. The molecule has 0 saturated carbocycles. The van der Waals surface area contributed by atoms with Crippen molar-refractivity contribution in [1.29, 1.82) is 5.26 Å². The van der Waals surface area contributed by atoms with E-state index in [2.05, 4.69) is 26.2 Å². The van der Waals surface area contributed by atoms with Crippen LogP contribution in [0.3, 0.4) is 0 Å². The third kappa shape index (κ3) is 2.84. The van der Waals surface area contributed by atoms with E-state index in [0.717, 1.165) is 0 Å². The van der Waals surface area contributed by atoms with Gasteiger partial charge in [-0.1, -0.05) is 15.9 Å². The molecule has 0 aliphatic rings. The molecule has 0 aliphatic heterocycles. The predicted octanol–water partition coefficient (Wildman–Crippen LogP) is 3.02. The third-order valence-corrected chi connectivity index (χ3v) is 2.91. The number of pyridine rings is 1. The van der Waals surface area contributed by atoms with Crippen LogP contribution in [0.1, 0.15) is 5.56 Å². The fourth-order valence-electron chi connectivity index (χ4n) is 1.50. The Balaban J connectivity index is 2.45. The zero-order valence-electron chi connectivity index (χ0n) is 9.92. The van der Waals surface area contributed by atoms with Crippen LogP contribution in [0, 0.1) is 23.0 Å². The molecule has 5 nitrogen and oxygen atoms in total. The summed E-state index contributed by atoms with van der Waals surface area (Å²) in [6.45, 7) is 0. The molecule has 1 heterocycles. The van der Waals surface area contributed by atoms with Crippen molar-refractivity contribution >= 4 is 33.3 Å². The molecule has 0 amide bonds. The number of anilines is 3. The lowest BCUT2D eigenvalue weighted by Gasteiger charge is -2.10. The number of nitrogens with one attached hydrogen (secondary N) is 2. The lowest BCUT2D eigenvalue weighted by Crippen LogP contribution is -2.12. The molecule has 0 aliphatic carbocycles. The largest absolute Gasteiger partial charge is 0.337 e. The average Bonchev–Trinajstić information content (AvgIpc) is 2.42. The van der Waals surface area contributed by atoms with Crippen molar-refractivity contribution in [2.45, 2.75) is 0 Å². The number of aromatic nitrogens is 1. The minimum absolute atomic E-state index is 0.242. The van der Waals surface area contributed by atoms with Gasteiger partial charge < -0.3 is 10.7 Å². The Bertz CT molecular complexity index is 699. The van der Waals surface area contributed by atoms with Gasteiger partial charge in [0.25, 0.3) is 0 Å². The Morgan fingerprint density at radius 2 is 1.90 bits per heavy atom. The van der Waals surface area contributed by atoms with Gasteiger partial charge in [0, 0.05) is 10.5 Å². The Morgan fingerprint density at radius 1 is 1.20 bits per heavy atom. The molecule has 0 spiro atoms. The number of hydrogen-bond acceptors (Lipinski definition) is 5. The summed E-state index contributed by atoms with van der Waals surface area (Å²) in [4.78, 5) is 3.67. The van der Waals surface area contributed by atoms with Gasteiger partial charge >= 0.3 is 0 Å². The molecule has 0 atom stereocenters. The summed E-state index contributed by atoms with van der Waals surface area (Å²) in [6, 6.07) is 7.41. The fraction of sp³-hybridized carbons (Fsp3) is 0. The normalized spacial score (nSPS) is 9.95. The Morgan fingerprint density at radius 3 is 2.55 bits per heavy atom. The van der Waals surface area contributed by atoms with E-state index in [9.17, 15) is 8.78 Å². The SMILES string of the molecule is N#Cc1ccc(Br)cc1Nc1nc(NN)c(F)cc1F. The van der Waals surface area contributed by atoms with Crippen LogP contribution in [-0.2, 0) is 0 Å². The highest BCUT2D eigenvalue weighted by Crippen LogP contribution is 2.26. The van der Waals surface area contributed by atoms with Gasteiger partial charge in [-0.3, -0.25) is 0 Å². The van der Waals surface area contributed by atoms with Gasteiger partial charge in [0.1, 0.15) is 6.07 Å². The minimum Gasteiger partial charge on any atom is -0.337 e. The molecule has 4 N–H and O–H groups in total. The number of hydrazine groups is 1. The van der Waals surface area contributed by atoms with Crippen LogP contribution in [0.2, 0.25) is 0 Å². The van der Waals surface area contributed by atoms with Gasteiger partial charge in [-0.05, 0) is 18.2 Å². The zero-order valence-corrected chi connectivity index (χ0v) is 11.5. The van der Waals surface area contributed by atoms with Crippen LogP contribution in [0.5, 0.6) is 0 Å². The monoisotopic (exact) mass is 339 g/mol. The van der Waals surface area contributed by atoms with E-state index in [-0.39, 0.29) is 11.6 Å². The summed E-state index contributed by atoms with van der Waals surface area (Å²) in [7, 11) is 0. The van der Waals surface area contributed by atoms with Crippen molar-refractivity contribution in [3.63, 3.8) is 0 Å². The zero-order chi connectivity index (χ0) is 14.7. The highest BCUT2D eigenvalue weighted by molar-refractivity contribution is 9.10. The molecule has 0 saturated heterocycles. The van der Waals surface area contributed by atoms with Crippen LogP contribution >= 0.6 is 15.9 Å². The van der Waals surface area contributed by atoms with Crippen molar-refractivity contribution in [3.8, 4) is 6.07 Å². The van der Waals surface area contributed by atoms with Crippen molar-refractivity contribution < 1.29 is 8.78 Å². The molecule has 0 bridgehead atoms. The molecule has 1 aromatic carbocycles. The van der Waals surface area contributed by atoms with E-state index in [1.807, 2.05) is 11.5 Å². The number of rotatable bonds is 3.